The fraction of sp³-hybridized carbons (Fsp3) is 0.923. The van der Waals surface area contributed by atoms with Gasteiger partial charge < -0.3 is 18.9 Å². The van der Waals surface area contributed by atoms with Gasteiger partial charge in [-0.15, -0.1) is 0 Å². The Bertz CT molecular complexity index is 293. The number of methoxy groups -OCH3 is 1. The summed E-state index contributed by atoms with van der Waals surface area (Å²) in [5.41, 5.74) is 0.0556. The molecule has 0 aromatic carbocycles. The lowest BCUT2D eigenvalue weighted by Crippen LogP contribution is -2.28. The minimum atomic E-state index is -0.108. The molecular formula is C13H22O5. The highest BCUT2D eigenvalue weighted by molar-refractivity contribution is 5.72. The monoisotopic (exact) mass is 258 g/mol. The molecule has 1 aliphatic heterocycles. The Balaban J connectivity index is 1.55. The minimum Gasteiger partial charge on any atom is -0.463 e. The lowest BCUT2D eigenvalue weighted by Gasteiger charge is -2.20. The van der Waals surface area contributed by atoms with Crippen LogP contribution in [0.3, 0.4) is 0 Å². The summed E-state index contributed by atoms with van der Waals surface area (Å²) < 4.78 is 20.8. The highest BCUT2D eigenvalue weighted by atomic mass is 16.6. The third-order valence-corrected chi connectivity index (χ3v) is 3.76. The average Bonchev–Trinajstić information content (AvgIpc) is 3.03. The Morgan fingerprint density at radius 1 is 1.33 bits per heavy atom. The highest BCUT2D eigenvalue weighted by Crippen LogP contribution is 2.49. The number of esters is 1. The number of epoxide rings is 1. The molecule has 0 radical (unpaired) electrons. The molecule has 18 heavy (non-hydrogen) atoms. The van der Waals surface area contributed by atoms with Gasteiger partial charge in [0, 0.05) is 7.11 Å². The van der Waals surface area contributed by atoms with Gasteiger partial charge in [0.2, 0.25) is 0 Å². The van der Waals surface area contributed by atoms with Gasteiger partial charge in [-0.25, -0.2) is 0 Å². The Hall–Kier alpha value is -0.650. The summed E-state index contributed by atoms with van der Waals surface area (Å²) in [6.07, 6.45) is 2.90. The normalized spacial score (nSPS) is 33.9. The fourth-order valence-electron chi connectivity index (χ4n) is 2.42. The van der Waals surface area contributed by atoms with Crippen molar-refractivity contribution in [1.29, 1.82) is 0 Å². The molecule has 0 spiro atoms. The number of hydrogen-bond acceptors (Lipinski definition) is 5. The van der Waals surface area contributed by atoms with Crippen LogP contribution in [0.15, 0.2) is 0 Å². The van der Waals surface area contributed by atoms with Crippen molar-refractivity contribution >= 4 is 5.97 Å². The molecule has 1 saturated carbocycles. The number of fused-ring (bicyclic) bond motifs is 1. The zero-order chi connectivity index (χ0) is 13.0. The SMILES string of the molecule is COCCOCCOC(=O)C1CCC2(C)OC2C1. The van der Waals surface area contributed by atoms with Gasteiger partial charge in [-0.05, 0) is 26.2 Å². The van der Waals surface area contributed by atoms with Crippen molar-refractivity contribution in [2.45, 2.75) is 37.9 Å². The van der Waals surface area contributed by atoms with Crippen LogP contribution in [-0.4, -0.2) is 51.2 Å². The van der Waals surface area contributed by atoms with Crippen molar-refractivity contribution < 1.29 is 23.7 Å². The van der Waals surface area contributed by atoms with Crippen molar-refractivity contribution in [1.82, 2.24) is 0 Å². The Kier molecular flexibility index (Phi) is 4.59. The third kappa shape index (κ3) is 3.43. The summed E-state index contributed by atoms with van der Waals surface area (Å²) in [6, 6.07) is 0. The van der Waals surface area contributed by atoms with Crippen LogP contribution in [-0.2, 0) is 23.7 Å². The molecule has 1 aliphatic carbocycles. The second-order valence-corrected chi connectivity index (χ2v) is 5.16. The molecule has 2 aliphatic rings. The fourth-order valence-corrected chi connectivity index (χ4v) is 2.42. The molecule has 2 fully saturated rings. The molecule has 5 heteroatoms. The Labute approximate surface area is 108 Å². The standard InChI is InChI=1S/C13H22O5/c1-13-4-3-10(9-11(13)18-13)12(14)17-8-7-16-6-5-15-2/h10-11H,3-9H2,1-2H3. The van der Waals surface area contributed by atoms with E-state index in [4.69, 9.17) is 18.9 Å². The lowest BCUT2D eigenvalue weighted by molar-refractivity contribution is -0.151. The molecule has 5 nitrogen and oxygen atoms in total. The van der Waals surface area contributed by atoms with Crippen LogP contribution < -0.4 is 0 Å². The van der Waals surface area contributed by atoms with Crippen molar-refractivity contribution in [2.75, 3.05) is 33.5 Å². The maximum atomic E-state index is 11.8. The maximum absolute atomic E-state index is 11.8. The van der Waals surface area contributed by atoms with Gasteiger partial charge in [-0.2, -0.15) is 0 Å². The van der Waals surface area contributed by atoms with E-state index in [2.05, 4.69) is 6.92 Å². The van der Waals surface area contributed by atoms with Gasteiger partial charge >= 0.3 is 5.97 Å². The summed E-state index contributed by atoms with van der Waals surface area (Å²) >= 11 is 0. The first kappa shape index (κ1) is 13.8. The van der Waals surface area contributed by atoms with Gasteiger partial charge in [-0.3, -0.25) is 4.79 Å². The van der Waals surface area contributed by atoms with Crippen LogP contribution >= 0.6 is 0 Å². The van der Waals surface area contributed by atoms with Crippen molar-refractivity contribution in [3.8, 4) is 0 Å². The van der Waals surface area contributed by atoms with E-state index in [1.165, 1.54) is 0 Å². The van der Waals surface area contributed by atoms with E-state index in [0.29, 0.717) is 26.4 Å². The quantitative estimate of drug-likeness (QED) is 0.389. The van der Waals surface area contributed by atoms with Crippen LogP contribution in [0.25, 0.3) is 0 Å². The van der Waals surface area contributed by atoms with Crippen molar-refractivity contribution in [3.05, 3.63) is 0 Å². The molecule has 0 aromatic rings. The number of carbonyl (C=O) groups excluding carboxylic acids is 1. The molecule has 0 aromatic heterocycles. The van der Waals surface area contributed by atoms with Gasteiger partial charge in [0.15, 0.2) is 0 Å². The molecule has 3 unspecified atom stereocenters. The van der Waals surface area contributed by atoms with Gasteiger partial charge in [0.25, 0.3) is 0 Å². The largest absolute Gasteiger partial charge is 0.463 e. The Morgan fingerprint density at radius 3 is 2.83 bits per heavy atom. The summed E-state index contributed by atoms with van der Waals surface area (Å²) in [7, 11) is 1.63. The van der Waals surface area contributed by atoms with Crippen LogP contribution in [0.5, 0.6) is 0 Å². The lowest BCUT2D eigenvalue weighted by atomic mass is 9.83. The number of rotatable bonds is 7. The predicted octanol–water partition coefficient (Wildman–Crippen LogP) is 1.15. The molecule has 3 atom stereocenters. The van der Waals surface area contributed by atoms with E-state index < -0.39 is 0 Å². The molecule has 1 saturated heterocycles. The predicted molar refractivity (Wildman–Crippen MR) is 64.3 cm³/mol. The van der Waals surface area contributed by atoms with Crippen LogP contribution in [0.2, 0.25) is 0 Å². The Morgan fingerprint density at radius 2 is 2.11 bits per heavy atom. The smallest absolute Gasteiger partial charge is 0.309 e. The van der Waals surface area contributed by atoms with E-state index >= 15 is 0 Å². The van der Waals surface area contributed by atoms with E-state index in [-0.39, 0.29) is 23.6 Å². The van der Waals surface area contributed by atoms with E-state index in [1.807, 2.05) is 0 Å². The van der Waals surface area contributed by atoms with Gasteiger partial charge in [0.1, 0.15) is 6.61 Å². The topological polar surface area (TPSA) is 57.3 Å². The zero-order valence-electron chi connectivity index (χ0n) is 11.1. The summed E-state index contributed by atoms with van der Waals surface area (Å²) in [4.78, 5) is 11.8. The number of ether oxygens (including phenoxy) is 4. The minimum absolute atomic E-state index is 0.00421. The first-order valence-corrected chi connectivity index (χ1v) is 6.57. The zero-order valence-corrected chi connectivity index (χ0v) is 11.1. The van der Waals surface area contributed by atoms with Crippen molar-refractivity contribution in [2.24, 2.45) is 5.92 Å². The average molecular weight is 258 g/mol. The van der Waals surface area contributed by atoms with Crippen LogP contribution in [0, 0.1) is 5.92 Å². The molecule has 1 heterocycles. The van der Waals surface area contributed by atoms with Crippen LogP contribution in [0.1, 0.15) is 26.2 Å². The second kappa shape index (κ2) is 5.99. The molecule has 0 bridgehead atoms. The van der Waals surface area contributed by atoms with Crippen molar-refractivity contribution in [3.63, 3.8) is 0 Å². The second-order valence-electron chi connectivity index (χ2n) is 5.16. The highest BCUT2D eigenvalue weighted by Gasteiger charge is 2.56. The van der Waals surface area contributed by atoms with Gasteiger partial charge in [-0.1, -0.05) is 0 Å². The van der Waals surface area contributed by atoms with E-state index in [1.54, 1.807) is 7.11 Å². The number of carbonyl (C=O) groups is 1. The van der Waals surface area contributed by atoms with Crippen LogP contribution in [0.4, 0.5) is 0 Å². The van der Waals surface area contributed by atoms with E-state index in [9.17, 15) is 4.79 Å². The number of hydrogen-bond donors (Lipinski definition) is 0. The van der Waals surface area contributed by atoms with Gasteiger partial charge in [0.05, 0.1) is 37.4 Å². The summed E-state index contributed by atoms with van der Waals surface area (Å²) in [5, 5.41) is 0. The molecule has 104 valence electrons. The molecule has 0 N–H and O–H groups in total. The maximum Gasteiger partial charge on any atom is 0.309 e. The summed E-state index contributed by atoms with van der Waals surface area (Å²) in [6.45, 7) is 3.96. The van der Waals surface area contributed by atoms with E-state index in [0.717, 1.165) is 19.3 Å². The first-order chi connectivity index (χ1) is 8.65. The molecule has 0 amide bonds. The molecular weight excluding hydrogens is 236 g/mol. The third-order valence-electron chi connectivity index (χ3n) is 3.76. The first-order valence-electron chi connectivity index (χ1n) is 6.57. The molecule has 2 rings (SSSR count). The summed E-state index contributed by atoms with van der Waals surface area (Å²) in [5.74, 6) is -0.104.